The fourth-order valence-electron chi connectivity index (χ4n) is 2.20. The topological polar surface area (TPSA) is 55.4 Å². The number of amides is 1. The molecule has 0 unspecified atom stereocenters. The van der Waals surface area contributed by atoms with Crippen molar-refractivity contribution < 1.29 is 14.3 Å². The van der Waals surface area contributed by atoms with Gasteiger partial charge < -0.3 is 10.1 Å². The van der Waals surface area contributed by atoms with Gasteiger partial charge in [-0.2, -0.15) is 12.6 Å². The lowest BCUT2D eigenvalue weighted by Crippen LogP contribution is -2.30. The number of allylic oxidation sites excluding steroid dienone is 10. The van der Waals surface area contributed by atoms with Crippen molar-refractivity contribution in [2.24, 2.45) is 0 Å². The lowest BCUT2D eigenvalue weighted by molar-refractivity contribution is -0.148. The summed E-state index contributed by atoms with van der Waals surface area (Å²) in [6, 6.07) is 0. The second kappa shape index (κ2) is 22.3. The lowest BCUT2D eigenvalue weighted by Gasteiger charge is -2.04. The first-order valence-corrected chi connectivity index (χ1v) is 11.1. The van der Waals surface area contributed by atoms with Gasteiger partial charge in [0.15, 0.2) is 6.61 Å². The van der Waals surface area contributed by atoms with E-state index in [2.05, 4.69) is 85.6 Å². The SMILES string of the molecule is CC/C=C\C/C=C\C/C=C\C/C=C\C/C=C\CCCC(=O)OCC(=O)NCCS. The number of rotatable bonds is 17. The maximum Gasteiger partial charge on any atom is 0.306 e. The largest absolute Gasteiger partial charge is 0.456 e. The fourth-order valence-corrected chi connectivity index (χ4v) is 2.31. The Kier molecular flexibility index (Phi) is 20.7. The fraction of sp³-hybridized carbons (Fsp3) is 0.500. The Bertz CT molecular complexity index is 562. The molecule has 162 valence electrons. The predicted molar refractivity (Wildman–Crippen MR) is 126 cm³/mol. The Morgan fingerprint density at radius 2 is 1.34 bits per heavy atom. The van der Waals surface area contributed by atoms with Crippen LogP contribution in [0.2, 0.25) is 0 Å². The molecule has 0 aromatic heterocycles. The molecule has 0 aromatic rings. The molecule has 0 rings (SSSR count). The molecule has 1 N–H and O–H groups in total. The average molecular weight is 420 g/mol. The van der Waals surface area contributed by atoms with Crippen molar-refractivity contribution in [2.45, 2.75) is 58.3 Å². The third-order valence-corrected chi connectivity index (χ3v) is 3.93. The van der Waals surface area contributed by atoms with Gasteiger partial charge in [0.05, 0.1) is 0 Å². The number of ether oxygens (including phenoxy) is 1. The van der Waals surface area contributed by atoms with Gasteiger partial charge in [0.2, 0.25) is 0 Å². The zero-order valence-electron chi connectivity index (χ0n) is 17.7. The Hall–Kier alpha value is -2.01. The van der Waals surface area contributed by atoms with E-state index in [1.807, 2.05) is 0 Å². The molecule has 0 aliphatic rings. The number of hydrogen-bond acceptors (Lipinski definition) is 4. The van der Waals surface area contributed by atoms with Gasteiger partial charge in [-0.15, -0.1) is 0 Å². The third kappa shape index (κ3) is 22.1. The van der Waals surface area contributed by atoms with Crippen LogP contribution >= 0.6 is 12.6 Å². The number of carbonyl (C=O) groups is 2. The molecule has 0 spiro atoms. The van der Waals surface area contributed by atoms with Crippen LogP contribution in [0.5, 0.6) is 0 Å². The highest BCUT2D eigenvalue weighted by atomic mass is 32.1. The minimum absolute atomic E-state index is 0.214. The number of carbonyl (C=O) groups excluding carboxylic acids is 2. The van der Waals surface area contributed by atoms with E-state index in [0.29, 0.717) is 18.7 Å². The van der Waals surface area contributed by atoms with Crippen molar-refractivity contribution in [3.05, 3.63) is 60.8 Å². The molecule has 0 saturated heterocycles. The molecule has 4 nitrogen and oxygen atoms in total. The molecule has 0 aromatic carbocycles. The molecule has 0 saturated carbocycles. The number of esters is 1. The van der Waals surface area contributed by atoms with Gasteiger partial charge in [0.1, 0.15) is 0 Å². The van der Waals surface area contributed by atoms with Crippen LogP contribution in [0.25, 0.3) is 0 Å². The summed E-state index contributed by atoms with van der Waals surface area (Å²) >= 11 is 3.99. The van der Waals surface area contributed by atoms with E-state index in [1.54, 1.807) is 0 Å². The van der Waals surface area contributed by atoms with Crippen LogP contribution in [0.4, 0.5) is 0 Å². The number of unbranched alkanes of at least 4 members (excludes halogenated alkanes) is 1. The third-order valence-electron chi connectivity index (χ3n) is 3.71. The van der Waals surface area contributed by atoms with E-state index < -0.39 is 0 Å². The minimum atomic E-state index is -0.335. The molecule has 1 amide bonds. The van der Waals surface area contributed by atoms with Gasteiger partial charge in [0.25, 0.3) is 5.91 Å². The summed E-state index contributed by atoms with van der Waals surface area (Å²) in [5.74, 6) is -0.0592. The van der Waals surface area contributed by atoms with Gasteiger partial charge in [-0.3, -0.25) is 9.59 Å². The van der Waals surface area contributed by atoms with Crippen LogP contribution < -0.4 is 5.32 Å². The summed E-state index contributed by atoms with van der Waals surface area (Å²) in [6.07, 6.45) is 28.4. The first-order chi connectivity index (χ1) is 14.2. The molecule has 0 aliphatic carbocycles. The van der Waals surface area contributed by atoms with Crippen LogP contribution in [0.3, 0.4) is 0 Å². The van der Waals surface area contributed by atoms with Crippen molar-refractivity contribution in [1.82, 2.24) is 5.32 Å². The van der Waals surface area contributed by atoms with Crippen molar-refractivity contribution >= 4 is 24.5 Å². The van der Waals surface area contributed by atoms with Gasteiger partial charge in [-0.1, -0.05) is 67.7 Å². The average Bonchev–Trinajstić information content (AvgIpc) is 2.72. The molecule has 0 atom stereocenters. The van der Waals surface area contributed by atoms with Gasteiger partial charge in [-0.05, 0) is 44.9 Å². The van der Waals surface area contributed by atoms with Gasteiger partial charge >= 0.3 is 5.97 Å². The zero-order valence-corrected chi connectivity index (χ0v) is 18.6. The smallest absolute Gasteiger partial charge is 0.306 e. The van der Waals surface area contributed by atoms with Crippen molar-refractivity contribution in [2.75, 3.05) is 18.9 Å². The van der Waals surface area contributed by atoms with E-state index >= 15 is 0 Å². The monoisotopic (exact) mass is 419 g/mol. The number of thiol groups is 1. The van der Waals surface area contributed by atoms with E-state index in [4.69, 9.17) is 4.74 Å². The van der Waals surface area contributed by atoms with Crippen LogP contribution in [-0.2, 0) is 14.3 Å². The summed E-state index contributed by atoms with van der Waals surface area (Å²) in [4.78, 5) is 22.8. The Balaban J connectivity index is 3.56. The zero-order chi connectivity index (χ0) is 21.4. The van der Waals surface area contributed by atoms with E-state index in [1.165, 1.54) is 0 Å². The maximum absolute atomic E-state index is 11.5. The first kappa shape index (κ1) is 27.0. The van der Waals surface area contributed by atoms with Crippen LogP contribution in [0.15, 0.2) is 60.8 Å². The summed E-state index contributed by atoms with van der Waals surface area (Å²) in [7, 11) is 0. The molecule has 5 heteroatoms. The highest BCUT2D eigenvalue weighted by Crippen LogP contribution is 2.01. The predicted octanol–water partition coefficient (Wildman–Crippen LogP) is 5.50. The molecule has 29 heavy (non-hydrogen) atoms. The number of nitrogens with one attached hydrogen (secondary N) is 1. The Labute approximate surface area is 182 Å². The van der Waals surface area contributed by atoms with E-state index in [-0.39, 0.29) is 18.5 Å². The Morgan fingerprint density at radius 3 is 1.86 bits per heavy atom. The summed E-state index contributed by atoms with van der Waals surface area (Å²) in [5, 5.41) is 2.59. The highest BCUT2D eigenvalue weighted by Gasteiger charge is 2.05. The van der Waals surface area contributed by atoms with Crippen molar-refractivity contribution in [3.8, 4) is 0 Å². The summed E-state index contributed by atoms with van der Waals surface area (Å²) < 4.78 is 4.91. The molecule has 0 bridgehead atoms. The molecule has 0 aliphatic heterocycles. The standard InChI is InChI=1S/C24H37NO3S/c1-2-3-4-5-6-7-8-9-10-11-12-13-14-15-16-17-18-19-24(27)28-22-23(26)25-20-21-29/h3-4,6-7,9-10,12-13,15-16,29H,2,5,8,11,14,17-22H2,1H3,(H,25,26)/b4-3-,7-6-,10-9-,13-12-,16-15-. The van der Waals surface area contributed by atoms with Gasteiger partial charge in [-0.25, -0.2) is 0 Å². The lowest BCUT2D eigenvalue weighted by atomic mass is 10.2. The van der Waals surface area contributed by atoms with Crippen LogP contribution in [0.1, 0.15) is 58.3 Å². The second-order valence-corrected chi connectivity index (χ2v) is 6.78. The van der Waals surface area contributed by atoms with Crippen molar-refractivity contribution in [1.29, 1.82) is 0 Å². The summed E-state index contributed by atoms with van der Waals surface area (Å²) in [5.41, 5.74) is 0. The van der Waals surface area contributed by atoms with Crippen molar-refractivity contribution in [3.63, 3.8) is 0 Å². The Morgan fingerprint density at radius 1 is 0.828 bits per heavy atom. The van der Waals surface area contributed by atoms with E-state index in [0.717, 1.165) is 44.9 Å². The molecular formula is C24H37NO3S. The quantitative estimate of drug-likeness (QED) is 0.142. The van der Waals surface area contributed by atoms with Gasteiger partial charge in [0, 0.05) is 18.7 Å². The normalized spacial score (nSPS) is 12.2. The molecular weight excluding hydrogens is 382 g/mol. The first-order valence-electron chi connectivity index (χ1n) is 10.5. The van der Waals surface area contributed by atoms with Crippen LogP contribution in [0, 0.1) is 0 Å². The molecule has 0 fully saturated rings. The summed E-state index contributed by atoms with van der Waals surface area (Å²) in [6.45, 7) is 2.40. The maximum atomic E-state index is 11.5. The van der Waals surface area contributed by atoms with E-state index in [9.17, 15) is 9.59 Å². The second-order valence-electron chi connectivity index (χ2n) is 6.33. The minimum Gasteiger partial charge on any atom is -0.456 e. The van der Waals surface area contributed by atoms with Crippen LogP contribution in [-0.4, -0.2) is 30.8 Å². The molecule has 0 radical (unpaired) electrons. The number of hydrogen-bond donors (Lipinski definition) is 2. The molecule has 0 heterocycles. The highest BCUT2D eigenvalue weighted by molar-refractivity contribution is 7.80.